The molecular weight excluding hydrogens is 366 g/mol. The van der Waals surface area contributed by atoms with Crippen LogP contribution >= 0.6 is 11.6 Å². The lowest BCUT2D eigenvalue weighted by Crippen LogP contribution is -2.40. The molecule has 27 heavy (non-hydrogen) atoms. The molecule has 1 fully saturated rings. The van der Waals surface area contributed by atoms with Gasteiger partial charge in [-0.05, 0) is 43.7 Å². The Morgan fingerprint density at radius 3 is 2.78 bits per heavy atom. The van der Waals surface area contributed by atoms with Crippen molar-refractivity contribution in [2.75, 3.05) is 33.9 Å². The first-order chi connectivity index (χ1) is 13.1. The fourth-order valence-electron chi connectivity index (χ4n) is 4.05. The minimum atomic E-state index is 0.0534. The minimum Gasteiger partial charge on any atom is -0.375 e. The number of ether oxygens (including phenoxy) is 1. The maximum Gasteiger partial charge on any atom is 0.248 e. The second kappa shape index (κ2) is 7.58. The highest BCUT2D eigenvalue weighted by Gasteiger charge is 2.30. The summed E-state index contributed by atoms with van der Waals surface area (Å²) in [7, 11) is 3.63. The van der Waals surface area contributed by atoms with Gasteiger partial charge in [0.05, 0.1) is 12.2 Å². The molecule has 1 aromatic carbocycles. The van der Waals surface area contributed by atoms with Crippen LogP contribution < -0.4 is 0 Å². The zero-order valence-electron chi connectivity index (χ0n) is 15.7. The third-order valence-corrected chi connectivity index (χ3v) is 5.60. The zero-order chi connectivity index (χ0) is 19.0. The van der Waals surface area contributed by atoms with Crippen LogP contribution in [-0.2, 0) is 22.6 Å². The lowest BCUT2D eigenvalue weighted by molar-refractivity contribution is -0.136. The van der Waals surface area contributed by atoms with Gasteiger partial charge in [-0.25, -0.2) is 0 Å². The summed E-state index contributed by atoms with van der Waals surface area (Å²) in [6.07, 6.45) is 1.76. The molecule has 7 nitrogen and oxygen atoms in total. The van der Waals surface area contributed by atoms with Gasteiger partial charge in [0, 0.05) is 37.7 Å². The highest BCUT2D eigenvalue weighted by Crippen LogP contribution is 2.33. The van der Waals surface area contributed by atoms with Gasteiger partial charge in [0.25, 0.3) is 0 Å². The molecule has 0 unspecified atom stereocenters. The van der Waals surface area contributed by atoms with E-state index >= 15 is 0 Å². The molecule has 0 bridgehead atoms. The van der Waals surface area contributed by atoms with Crippen LogP contribution in [0.4, 0.5) is 0 Å². The summed E-state index contributed by atoms with van der Waals surface area (Å²) >= 11 is 6.23. The maximum atomic E-state index is 12.1. The summed E-state index contributed by atoms with van der Waals surface area (Å²) in [5, 5.41) is 9.78. The fourth-order valence-corrected chi connectivity index (χ4v) is 4.24. The van der Waals surface area contributed by atoms with E-state index in [1.165, 1.54) is 5.56 Å². The Morgan fingerprint density at radius 1 is 1.26 bits per heavy atom. The molecule has 0 radical (unpaired) electrons. The first-order valence-electron chi connectivity index (χ1n) is 9.25. The smallest absolute Gasteiger partial charge is 0.248 e. The Balaban J connectivity index is 1.63. The van der Waals surface area contributed by atoms with Crippen LogP contribution in [0.5, 0.6) is 0 Å². The predicted octanol–water partition coefficient (Wildman–Crippen LogP) is 2.22. The molecule has 0 N–H and O–H groups in total. The minimum absolute atomic E-state index is 0.0534. The van der Waals surface area contributed by atoms with Gasteiger partial charge in [-0.2, -0.15) is 0 Å². The van der Waals surface area contributed by atoms with Gasteiger partial charge in [0.15, 0.2) is 5.82 Å². The quantitative estimate of drug-likeness (QED) is 0.805. The van der Waals surface area contributed by atoms with E-state index in [0.29, 0.717) is 0 Å². The molecule has 144 valence electrons. The van der Waals surface area contributed by atoms with Crippen LogP contribution in [0.2, 0.25) is 5.02 Å². The average Bonchev–Trinajstić information content (AvgIpc) is 2.99. The number of nitrogens with zero attached hydrogens (tertiary/aromatic N) is 5. The Hall–Kier alpha value is -1.96. The molecule has 1 amide bonds. The van der Waals surface area contributed by atoms with E-state index in [0.717, 1.165) is 61.4 Å². The summed E-state index contributed by atoms with van der Waals surface area (Å²) in [5.41, 5.74) is 2.29. The molecule has 4 rings (SSSR count). The number of aromatic nitrogens is 3. The highest BCUT2D eigenvalue weighted by molar-refractivity contribution is 6.30. The Labute approximate surface area is 163 Å². The van der Waals surface area contributed by atoms with Crippen LogP contribution in [-0.4, -0.2) is 64.3 Å². The molecule has 2 aliphatic rings. The van der Waals surface area contributed by atoms with Crippen molar-refractivity contribution < 1.29 is 9.53 Å². The van der Waals surface area contributed by atoms with E-state index in [1.807, 2.05) is 17.0 Å². The number of piperidine rings is 1. The number of carbonyl (C=O) groups is 1. The van der Waals surface area contributed by atoms with Crippen LogP contribution in [0.3, 0.4) is 0 Å². The van der Waals surface area contributed by atoms with Gasteiger partial charge >= 0.3 is 0 Å². The Morgan fingerprint density at radius 2 is 2.04 bits per heavy atom. The summed E-state index contributed by atoms with van der Waals surface area (Å²) in [6.45, 7) is 3.16. The topological polar surface area (TPSA) is 63.5 Å². The van der Waals surface area contributed by atoms with E-state index < -0.39 is 0 Å². The molecule has 3 heterocycles. The van der Waals surface area contributed by atoms with Crippen molar-refractivity contribution in [1.29, 1.82) is 0 Å². The van der Waals surface area contributed by atoms with Crippen molar-refractivity contribution in [1.82, 2.24) is 24.6 Å². The van der Waals surface area contributed by atoms with Gasteiger partial charge in [-0.15, -0.1) is 10.2 Å². The first-order valence-corrected chi connectivity index (χ1v) is 9.63. The third kappa shape index (κ3) is 3.59. The normalized spacial score (nSPS) is 18.1. The van der Waals surface area contributed by atoms with Crippen molar-refractivity contribution in [2.24, 2.45) is 0 Å². The molecule has 2 aromatic rings. The van der Waals surface area contributed by atoms with Crippen molar-refractivity contribution in [2.45, 2.75) is 31.8 Å². The monoisotopic (exact) mass is 389 g/mol. The van der Waals surface area contributed by atoms with Crippen molar-refractivity contribution >= 4 is 17.5 Å². The predicted molar refractivity (Wildman–Crippen MR) is 102 cm³/mol. The molecular formula is C19H24ClN5O2. The Bertz CT molecular complexity index is 845. The third-order valence-electron chi connectivity index (χ3n) is 5.37. The molecule has 2 aliphatic heterocycles. The number of amides is 1. The van der Waals surface area contributed by atoms with Crippen LogP contribution in [0.15, 0.2) is 18.2 Å². The number of hydrogen-bond donors (Lipinski definition) is 0. The summed E-state index contributed by atoms with van der Waals surface area (Å²) in [5.74, 6) is 2.27. The Kier molecular flexibility index (Phi) is 5.16. The summed E-state index contributed by atoms with van der Waals surface area (Å²) < 4.78 is 7.17. The molecule has 8 heteroatoms. The number of rotatable bonds is 3. The number of carbonyl (C=O) groups excluding carboxylic acids is 1. The largest absolute Gasteiger partial charge is 0.375 e. The highest BCUT2D eigenvalue weighted by atomic mass is 35.5. The standard InChI is InChI=1S/C19H24ClN5O2/c1-23-10-14-9-15(20)3-4-16(14)25-17(11-23)21-22-19(25)13-5-7-24(8-6-13)18(26)12-27-2/h3-4,9,13H,5-8,10-12H2,1-2H3. The molecule has 1 saturated heterocycles. The van der Waals surface area contributed by atoms with Gasteiger partial charge in [-0.1, -0.05) is 11.6 Å². The number of methoxy groups -OCH3 is 1. The molecule has 0 aliphatic carbocycles. The lowest BCUT2D eigenvalue weighted by Gasteiger charge is -2.31. The van der Waals surface area contributed by atoms with Crippen molar-refractivity contribution in [3.63, 3.8) is 0 Å². The fraction of sp³-hybridized carbons (Fsp3) is 0.526. The van der Waals surface area contributed by atoms with Gasteiger partial charge in [-0.3, -0.25) is 14.3 Å². The van der Waals surface area contributed by atoms with E-state index in [9.17, 15) is 4.79 Å². The van der Waals surface area contributed by atoms with Crippen LogP contribution in [0.25, 0.3) is 5.69 Å². The SMILES string of the molecule is COCC(=O)N1CCC(c2nnc3n2-c2ccc(Cl)cc2CN(C)C3)CC1. The second-order valence-electron chi connectivity index (χ2n) is 7.34. The zero-order valence-corrected chi connectivity index (χ0v) is 16.4. The molecule has 0 spiro atoms. The molecule has 1 aromatic heterocycles. The van der Waals surface area contributed by atoms with Crippen LogP contribution in [0, 0.1) is 0 Å². The number of benzene rings is 1. The summed E-state index contributed by atoms with van der Waals surface area (Å²) in [4.78, 5) is 16.1. The molecule has 0 atom stereocenters. The maximum absolute atomic E-state index is 12.1. The van der Waals surface area contributed by atoms with E-state index in [4.69, 9.17) is 16.3 Å². The summed E-state index contributed by atoms with van der Waals surface area (Å²) in [6, 6.07) is 6.01. The van der Waals surface area contributed by atoms with Gasteiger partial charge in [0.1, 0.15) is 12.4 Å². The van der Waals surface area contributed by atoms with E-state index in [2.05, 4.69) is 32.8 Å². The number of halogens is 1. The number of likely N-dealkylation sites (tertiary alicyclic amines) is 1. The average molecular weight is 390 g/mol. The first kappa shape index (κ1) is 18.4. The second-order valence-corrected chi connectivity index (χ2v) is 7.78. The van der Waals surface area contributed by atoms with Crippen molar-refractivity contribution in [3.05, 3.63) is 40.4 Å². The number of hydrogen-bond acceptors (Lipinski definition) is 5. The van der Waals surface area contributed by atoms with Crippen LogP contribution in [0.1, 0.15) is 36.0 Å². The lowest BCUT2D eigenvalue weighted by atomic mass is 9.95. The van der Waals surface area contributed by atoms with E-state index in [1.54, 1.807) is 7.11 Å². The molecule has 0 saturated carbocycles. The van der Waals surface area contributed by atoms with Gasteiger partial charge < -0.3 is 9.64 Å². The van der Waals surface area contributed by atoms with Gasteiger partial charge in [0.2, 0.25) is 5.91 Å². The van der Waals surface area contributed by atoms with E-state index in [-0.39, 0.29) is 18.4 Å². The van der Waals surface area contributed by atoms with Crippen molar-refractivity contribution in [3.8, 4) is 5.69 Å². The number of fused-ring (bicyclic) bond motifs is 3.